The van der Waals surface area contributed by atoms with E-state index in [4.69, 9.17) is 0 Å². The molecule has 4 aliphatic carbocycles. The zero-order valence-electron chi connectivity index (χ0n) is 13.4. The molecule has 6 nitrogen and oxygen atoms in total. The number of amides is 1. The van der Waals surface area contributed by atoms with Crippen LogP contribution in [-0.4, -0.2) is 38.1 Å². The van der Waals surface area contributed by atoms with E-state index >= 15 is 0 Å². The summed E-state index contributed by atoms with van der Waals surface area (Å²) in [6, 6.07) is 0. The van der Waals surface area contributed by atoms with Gasteiger partial charge in [-0.15, -0.1) is 5.10 Å². The maximum atomic E-state index is 13.2. The molecule has 24 heavy (non-hydrogen) atoms. The maximum absolute atomic E-state index is 13.2. The first kappa shape index (κ1) is 15.4. The van der Waals surface area contributed by atoms with Gasteiger partial charge in [-0.05, 0) is 66.3 Å². The summed E-state index contributed by atoms with van der Waals surface area (Å²) in [5.41, 5.74) is -0.292. The Labute approximate surface area is 153 Å². The van der Waals surface area contributed by atoms with Gasteiger partial charge in [0.1, 0.15) is 6.33 Å². The lowest BCUT2D eigenvalue weighted by Gasteiger charge is -2.60. The largest absolute Gasteiger partial charge is 0.305 e. The summed E-state index contributed by atoms with van der Waals surface area (Å²) in [5, 5.41) is 8.50. The second kappa shape index (κ2) is 5.30. The second-order valence-electron chi connectivity index (χ2n) is 7.91. The quantitative estimate of drug-likeness (QED) is 0.814. The lowest BCUT2D eigenvalue weighted by molar-refractivity contribution is -0.154. The van der Waals surface area contributed by atoms with Crippen LogP contribution in [0.2, 0.25) is 0 Å². The Hall–Kier alpha value is -0.890. The molecule has 0 unspecified atom stereocenters. The molecule has 5 aliphatic rings. The molecule has 0 saturated heterocycles. The molecule has 0 aromatic carbocycles. The zero-order valence-corrected chi connectivity index (χ0v) is 15.8. The minimum atomic E-state index is -0.256. The van der Waals surface area contributed by atoms with Gasteiger partial charge in [-0.1, -0.05) is 11.8 Å². The highest BCUT2D eigenvalue weighted by molar-refractivity contribution is 9.10. The van der Waals surface area contributed by atoms with Crippen LogP contribution in [0, 0.1) is 17.3 Å². The third-order valence-corrected chi connectivity index (χ3v) is 7.52. The van der Waals surface area contributed by atoms with Crippen LogP contribution >= 0.6 is 27.7 Å². The molecular formula is C16H20BrN5OS. The van der Waals surface area contributed by atoms with Crippen molar-refractivity contribution < 1.29 is 4.79 Å². The second-order valence-corrected chi connectivity index (χ2v) is 9.71. The van der Waals surface area contributed by atoms with Crippen molar-refractivity contribution in [3.8, 4) is 0 Å². The molecule has 1 N–H and O–H groups in total. The Kier molecular flexibility index (Phi) is 3.40. The minimum Gasteiger partial charge on any atom is -0.305 e. The van der Waals surface area contributed by atoms with Gasteiger partial charge in [-0.25, -0.2) is 9.67 Å². The lowest BCUT2D eigenvalue weighted by Crippen LogP contribution is -2.61. The van der Waals surface area contributed by atoms with Gasteiger partial charge in [0.15, 0.2) is 5.17 Å². The van der Waals surface area contributed by atoms with E-state index in [-0.39, 0.29) is 16.9 Å². The van der Waals surface area contributed by atoms with Crippen LogP contribution in [-0.2, 0) is 10.3 Å². The highest BCUT2D eigenvalue weighted by Gasteiger charge is 2.61. The van der Waals surface area contributed by atoms with E-state index in [1.165, 1.54) is 6.42 Å². The Balaban J connectivity index is 1.48. The average Bonchev–Trinajstić information content (AvgIpc) is 3.17. The summed E-state index contributed by atoms with van der Waals surface area (Å²) in [5.74, 6) is 2.41. The summed E-state index contributed by atoms with van der Waals surface area (Å²) in [7, 11) is 0. The predicted octanol–water partition coefficient (Wildman–Crippen LogP) is 2.56. The normalized spacial score (nSPS) is 40.0. The molecule has 4 bridgehead atoms. The average molecular weight is 410 g/mol. The van der Waals surface area contributed by atoms with Crippen LogP contribution in [0.1, 0.15) is 38.5 Å². The Morgan fingerprint density at radius 1 is 1.33 bits per heavy atom. The number of hydrogen-bond donors (Lipinski definition) is 1. The van der Waals surface area contributed by atoms with E-state index in [2.05, 4.69) is 36.3 Å². The third-order valence-electron chi connectivity index (χ3n) is 6.27. The highest BCUT2D eigenvalue weighted by Crippen LogP contribution is 2.64. The van der Waals surface area contributed by atoms with Crippen molar-refractivity contribution in [3.63, 3.8) is 0 Å². The van der Waals surface area contributed by atoms with Crippen molar-refractivity contribution in [2.45, 2.75) is 44.1 Å². The van der Waals surface area contributed by atoms with Crippen LogP contribution < -0.4 is 5.32 Å². The number of aromatic nitrogens is 3. The van der Waals surface area contributed by atoms with Gasteiger partial charge < -0.3 is 5.32 Å². The summed E-state index contributed by atoms with van der Waals surface area (Å²) < 4.78 is 2.67. The van der Waals surface area contributed by atoms with Gasteiger partial charge in [-0.2, -0.15) is 0 Å². The van der Waals surface area contributed by atoms with Gasteiger partial charge >= 0.3 is 0 Å². The predicted molar refractivity (Wildman–Crippen MR) is 95.7 cm³/mol. The monoisotopic (exact) mass is 409 g/mol. The molecular weight excluding hydrogens is 390 g/mol. The van der Waals surface area contributed by atoms with E-state index in [1.54, 1.807) is 11.8 Å². The molecule has 6 rings (SSSR count). The standard InChI is InChI=1S/C16H20BrN5OS/c17-13-19-9-22(21-13)16-6-10-3-11(7-16)5-15(4-10,8-16)12(23)20-14-18-1-2-24-14/h9-11H,1-8H2,(H,18,20,23)/t10-,11-,15?,16?/m1/s1. The number of thioether (sulfide) groups is 1. The van der Waals surface area contributed by atoms with Crippen molar-refractivity contribution in [2.75, 3.05) is 12.3 Å². The molecule has 1 aromatic heterocycles. The number of hydrogen-bond acceptors (Lipinski definition) is 5. The minimum absolute atomic E-state index is 0.0366. The van der Waals surface area contributed by atoms with Crippen molar-refractivity contribution in [2.24, 2.45) is 22.2 Å². The number of carbonyl (C=O) groups excluding carboxylic acids is 1. The lowest BCUT2D eigenvalue weighted by atomic mass is 9.46. The van der Waals surface area contributed by atoms with Crippen LogP contribution in [0.25, 0.3) is 0 Å². The smallest absolute Gasteiger partial charge is 0.232 e. The van der Waals surface area contributed by atoms with Crippen LogP contribution in [0.15, 0.2) is 16.1 Å². The van der Waals surface area contributed by atoms with Crippen molar-refractivity contribution in [3.05, 3.63) is 11.1 Å². The Morgan fingerprint density at radius 3 is 2.75 bits per heavy atom. The summed E-state index contributed by atoms with van der Waals surface area (Å²) in [6.07, 6.45) is 8.28. The van der Waals surface area contributed by atoms with Crippen molar-refractivity contribution >= 4 is 38.8 Å². The highest BCUT2D eigenvalue weighted by atomic mass is 79.9. The zero-order chi connectivity index (χ0) is 16.4. The van der Waals surface area contributed by atoms with E-state index in [9.17, 15) is 4.79 Å². The van der Waals surface area contributed by atoms with E-state index in [0.29, 0.717) is 16.6 Å². The number of rotatable bonds is 2. The molecule has 4 saturated carbocycles. The molecule has 128 valence electrons. The van der Waals surface area contributed by atoms with Crippen LogP contribution in [0.3, 0.4) is 0 Å². The van der Waals surface area contributed by atoms with Gasteiger partial charge in [0.25, 0.3) is 0 Å². The molecule has 2 atom stereocenters. The van der Waals surface area contributed by atoms with E-state index < -0.39 is 0 Å². The molecule has 0 radical (unpaired) electrons. The first-order chi connectivity index (χ1) is 11.6. The maximum Gasteiger partial charge on any atom is 0.232 e. The Bertz CT molecular complexity index is 718. The summed E-state index contributed by atoms with van der Waals surface area (Å²) in [6.45, 7) is 0.815. The summed E-state index contributed by atoms with van der Waals surface area (Å²) >= 11 is 5.03. The van der Waals surface area contributed by atoms with Gasteiger partial charge in [-0.3, -0.25) is 9.79 Å². The molecule has 0 spiro atoms. The third kappa shape index (κ3) is 2.29. The number of amidine groups is 1. The molecule has 2 heterocycles. The Morgan fingerprint density at radius 2 is 2.12 bits per heavy atom. The molecule has 1 amide bonds. The topological polar surface area (TPSA) is 72.2 Å². The number of aliphatic imine (C=N–C) groups is 1. The van der Waals surface area contributed by atoms with Crippen molar-refractivity contribution in [1.29, 1.82) is 0 Å². The van der Waals surface area contributed by atoms with Gasteiger partial charge in [0.2, 0.25) is 10.6 Å². The van der Waals surface area contributed by atoms with E-state index in [1.807, 2.05) is 11.0 Å². The van der Waals surface area contributed by atoms with Crippen LogP contribution in [0.5, 0.6) is 0 Å². The van der Waals surface area contributed by atoms with Gasteiger partial charge in [0, 0.05) is 5.75 Å². The molecule has 8 heteroatoms. The van der Waals surface area contributed by atoms with Crippen LogP contribution in [0.4, 0.5) is 0 Å². The summed E-state index contributed by atoms with van der Waals surface area (Å²) in [4.78, 5) is 21.8. The van der Waals surface area contributed by atoms with Crippen molar-refractivity contribution in [1.82, 2.24) is 20.1 Å². The number of nitrogens with one attached hydrogen (secondary N) is 1. The number of nitrogens with zero attached hydrogens (tertiary/aromatic N) is 4. The first-order valence-corrected chi connectivity index (χ1v) is 10.4. The number of carbonyl (C=O) groups is 1. The first-order valence-electron chi connectivity index (χ1n) is 8.63. The molecule has 4 fully saturated rings. The fourth-order valence-electron chi connectivity index (χ4n) is 5.86. The molecule has 1 aromatic rings. The fourth-order valence-corrected chi connectivity index (χ4v) is 6.85. The SMILES string of the molecule is O=C(NC1=NCCS1)C12C[C@H]3C[C@H](C1)CC(n1cnc(Br)n1)(C3)C2. The number of halogens is 1. The molecule has 1 aliphatic heterocycles. The van der Waals surface area contributed by atoms with Gasteiger partial charge in [0.05, 0.1) is 17.5 Å². The fraction of sp³-hybridized carbons (Fsp3) is 0.750. The van der Waals surface area contributed by atoms with E-state index in [0.717, 1.165) is 49.6 Å².